The summed E-state index contributed by atoms with van der Waals surface area (Å²) in [6.07, 6.45) is 5.65. The highest BCUT2D eigenvalue weighted by atomic mass is 127. The summed E-state index contributed by atoms with van der Waals surface area (Å²) in [7, 11) is 1.77. The highest BCUT2D eigenvalue weighted by molar-refractivity contribution is 14.0. The van der Waals surface area contributed by atoms with Crippen LogP contribution in [0, 0.1) is 0 Å². The van der Waals surface area contributed by atoms with E-state index in [1.165, 1.54) is 5.56 Å². The molecule has 154 valence electrons. The molecule has 0 saturated carbocycles. The molecule has 0 spiro atoms. The molecule has 0 fully saturated rings. The summed E-state index contributed by atoms with van der Waals surface area (Å²) in [4.78, 5) is 4.24. The van der Waals surface area contributed by atoms with Gasteiger partial charge in [0.2, 0.25) is 0 Å². The van der Waals surface area contributed by atoms with Gasteiger partial charge in [-0.1, -0.05) is 12.1 Å². The van der Waals surface area contributed by atoms with Crippen LogP contribution in [-0.4, -0.2) is 48.1 Å². The number of hydrogen-bond acceptors (Lipinski definition) is 4. The Bertz CT molecular complexity index is 762. The van der Waals surface area contributed by atoms with E-state index in [9.17, 15) is 0 Å². The average molecular weight is 499 g/mol. The van der Waals surface area contributed by atoms with E-state index in [-0.39, 0.29) is 29.6 Å². The van der Waals surface area contributed by atoms with Gasteiger partial charge < -0.3 is 20.1 Å². The number of benzene rings is 1. The number of aliphatic imine (C=N–C) groups is 1. The van der Waals surface area contributed by atoms with Gasteiger partial charge in [0.25, 0.3) is 0 Å². The lowest BCUT2D eigenvalue weighted by molar-refractivity contribution is 0.132. The molecular weight excluding hydrogens is 469 g/mol. The number of nitrogens with zero attached hydrogens (tertiary/aromatic N) is 3. The van der Waals surface area contributed by atoms with Crippen LogP contribution >= 0.6 is 24.0 Å². The molecule has 2 heterocycles. The molecule has 8 heteroatoms. The minimum absolute atomic E-state index is 0. The van der Waals surface area contributed by atoms with E-state index >= 15 is 0 Å². The molecule has 2 aromatic rings. The summed E-state index contributed by atoms with van der Waals surface area (Å²) in [5, 5.41) is 10.8. The Balaban J connectivity index is 0.00000280. The molecule has 0 aliphatic carbocycles. The third kappa shape index (κ3) is 6.29. The number of guanidine groups is 1. The van der Waals surface area contributed by atoms with Gasteiger partial charge in [-0.2, -0.15) is 5.10 Å². The second-order valence-corrected chi connectivity index (χ2v) is 7.18. The second-order valence-electron chi connectivity index (χ2n) is 7.18. The monoisotopic (exact) mass is 499 g/mol. The maximum atomic E-state index is 6.03. The minimum atomic E-state index is -0.165. The van der Waals surface area contributed by atoms with Gasteiger partial charge in [-0.05, 0) is 32.4 Å². The van der Waals surface area contributed by atoms with E-state index in [4.69, 9.17) is 9.47 Å². The first-order valence-electron chi connectivity index (χ1n) is 9.43. The van der Waals surface area contributed by atoms with Crippen molar-refractivity contribution < 1.29 is 9.47 Å². The maximum Gasteiger partial charge on any atom is 0.191 e. The highest BCUT2D eigenvalue weighted by Crippen LogP contribution is 2.41. The van der Waals surface area contributed by atoms with Crippen molar-refractivity contribution in [3.8, 4) is 11.5 Å². The lowest BCUT2D eigenvalue weighted by Crippen LogP contribution is -2.39. The van der Waals surface area contributed by atoms with Gasteiger partial charge in [0.05, 0.1) is 6.54 Å². The van der Waals surface area contributed by atoms with E-state index in [2.05, 4.69) is 40.6 Å². The van der Waals surface area contributed by atoms with Crippen molar-refractivity contribution in [1.29, 1.82) is 0 Å². The zero-order chi connectivity index (χ0) is 19.1. The van der Waals surface area contributed by atoms with E-state index < -0.39 is 0 Å². The van der Waals surface area contributed by atoms with E-state index in [0.717, 1.165) is 43.4 Å². The molecule has 1 aromatic heterocycles. The van der Waals surface area contributed by atoms with Crippen LogP contribution in [0.3, 0.4) is 0 Å². The lowest BCUT2D eigenvalue weighted by Gasteiger charge is -2.18. The summed E-state index contributed by atoms with van der Waals surface area (Å²) < 4.78 is 13.9. The minimum Gasteiger partial charge on any atom is -0.488 e. The number of hydrogen-bond donors (Lipinski definition) is 2. The van der Waals surface area contributed by atoms with Gasteiger partial charge in [-0.3, -0.25) is 9.67 Å². The third-order valence-corrected chi connectivity index (χ3v) is 4.35. The molecule has 0 atom stereocenters. The molecular formula is C20H30IN5O2. The van der Waals surface area contributed by atoms with E-state index in [1.807, 2.05) is 29.1 Å². The van der Waals surface area contributed by atoms with Gasteiger partial charge in [-0.25, -0.2) is 0 Å². The van der Waals surface area contributed by atoms with Crippen molar-refractivity contribution in [2.45, 2.75) is 38.8 Å². The van der Waals surface area contributed by atoms with Crippen LogP contribution in [0.15, 0.2) is 41.7 Å². The Labute approximate surface area is 183 Å². The van der Waals surface area contributed by atoms with Crippen LogP contribution in [0.4, 0.5) is 0 Å². The van der Waals surface area contributed by atoms with E-state index in [1.54, 1.807) is 13.2 Å². The number of halogens is 1. The third-order valence-electron chi connectivity index (χ3n) is 4.35. The number of fused-ring (bicyclic) bond motifs is 1. The van der Waals surface area contributed by atoms with E-state index in [0.29, 0.717) is 13.2 Å². The largest absolute Gasteiger partial charge is 0.488 e. The molecule has 1 aliphatic heterocycles. The molecule has 0 unspecified atom stereocenters. The lowest BCUT2D eigenvalue weighted by atomic mass is 10.0. The first-order chi connectivity index (χ1) is 13.1. The quantitative estimate of drug-likeness (QED) is 0.253. The molecule has 0 amide bonds. The molecule has 0 bridgehead atoms. The topological polar surface area (TPSA) is 72.7 Å². The van der Waals surface area contributed by atoms with Gasteiger partial charge >= 0.3 is 0 Å². The summed E-state index contributed by atoms with van der Waals surface area (Å²) >= 11 is 0. The summed E-state index contributed by atoms with van der Waals surface area (Å²) in [5.41, 5.74) is 1.04. The summed E-state index contributed by atoms with van der Waals surface area (Å²) in [6.45, 7) is 7.10. The molecule has 3 rings (SSSR count). The van der Waals surface area contributed by atoms with Crippen LogP contribution < -0.4 is 20.1 Å². The predicted octanol–water partition coefficient (Wildman–Crippen LogP) is 2.85. The Morgan fingerprint density at radius 1 is 1.29 bits per heavy atom. The van der Waals surface area contributed by atoms with Crippen LogP contribution in [0.25, 0.3) is 0 Å². The Hall–Kier alpha value is -1.97. The highest BCUT2D eigenvalue weighted by Gasteiger charge is 2.32. The van der Waals surface area contributed by atoms with Crippen LogP contribution in [0.5, 0.6) is 11.5 Å². The SMILES string of the molecule is CN=C(NCCCn1cccn1)NCCOc1cccc2c1OC(C)(C)C2.I. The molecule has 1 aromatic carbocycles. The molecule has 0 radical (unpaired) electrons. The number of nitrogens with one attached hydrogen (secondary N) is 2. The first kappa shape index (κ1) is 22.3. The number of ether oxygens (including phenoxy) is 2. The molecule has 0 saturated heterocycles. The van der Waals surface area contributed by atoms with Crippen LogP contribution in [-0.2, 0) is 13.0 Å². The number of para-hydroxylation sites is 1. The molecule has 2 N–H and O–H groups in total. The summed E-state index contributed by atoms with van der Waals surface area (Å²) in [6, 6.07) is 8.02. The number of rotatable bonds is 8. The van der Waals surface area contributed by atoms with Crippen molar-refractivity contribution in [2.75, 3.05) is 26.7 Å². The van der Waals surface area contributed by atoms with Crippen LogP contribution in [0.1, 0.15) is 25.8 Å². The zero-order valence-electron chi connectivity index (χ0n) is 16.8. The predicted molar refractivity (Wildman–Crippen MR) is 122 cm³/mol. The van der Waals surface area contributed by atoms with Gasteiger partial charge in [0.15, 0.2) is 17.5 Å². The second kappa shape index (κ2) is 10.5. The normalized spacial score (nSPS) is 14.6. The van der Waals surface area contributed by atoms with Gasteiger partial charge in [0.1, 0.15) is 12.2 Å². The Morgan fingerprint density at radius 3 is 2.86 bits per heavy atom. The molecule has 7 nitrogen and oxygen atoms in total. The standard InChI is InChI=1S/C20H29N5O2.HI/c1-20(2)15-16-7-4-8-17(18(16)27-20)26-14-11-23-19(21-3)22-9-5-12-25-13-6-10-24-25;/h4,6-8,10,13H,5,9,11-12,14-15H2,1-3H3,(H2,21,22,23);1H. The van der Waals surface area contributed by atoms with Crippen molar-refractivity contribution in [2.24, 2.45) is 4.99 Å². The number of aryl methyl sites for hydroxylation is 1. The van der Waals surface area contributed by atoms with Crippen LogP contribution in [0.2, 0.25) is 0 Å². The Kier molecular flexibility index (Phi) is 8.40. The number of aromatic nitrogens is 2. The van der Waals surface area contributed by atoms with Crippen molar-refractivity contribution in [3.63, 3.8) is 0 Å². The van der Waals surface area contributed by atoms with Crippen molar-refractivity contribution >= 4 is 29.9 Å². The fourth-order valence-electron chi connectivity index (χ4n) is 3.13. The summed E-state index contributed by atoms with van der Waals surface area (Å²) in [5.74, 6) is 2.46. The average Bonchev–Trinajstić information content (AvgIpc) is 3.26. The van der Waals surface area contributed by atoms with Gasteiger partial charge in [0, 0.05) is 44.5 Å². The Morgan fingerprint density at radius 2 is 2.11 bits per heavy atom. The maximum absolute atomic E-state index is 6.03. The van der Waals surface area contributed by atoms with Gasteiger partial charge in [-0.15, -0.1) is 24.0 Å². The fourth-order valence-corrected chi connectivity index (χ4v) is 3.13. The zero-order valence-corrected chi connectivity index (χ0v) is 19.1. The smallest absolute Gasteiger partial charge is 0.191 e. The fraction of sp³-hybridized carbons (Fsp3) is 0.500. The van der Waals surface area contributed by atoms with Crippen molar-refractivity contribution in [1.82, 2.24) is 20.4 Å². The molecule has 28 heavy (non-hydrogen) atoms. The first-order valence-corrected chi connectivity index (χ1v) is 9.43. The molecule has 1 aliphatic rings. The van der Waals surface area contributed by atoms with Crippen molar-refractivity contribution in [3.05, 3.63) is 42.2 Å².